The van der Waals surface area contributed by atoms with Crippen molar-refractivity contribution < 1.29 is 4.39 Å². The van der Waals surface area contributed by atoms with Crippen LogP contribution in [0.4, 0.5) is 10.1 Å². The van der Waals surface area contributed by atoms with Crippen LogP contribution in [0.25, 0.3) is 16.9 Å². The van der Waals surface area contributed by atoms with Crippen molar-refractivity contribution in [2.45, 2.75) is 6.67 Å². The lowest BCUT2D eigenvalue weighted by atomic mass is 10.1. The van der Waals surface area contributed by atoms with Gasteiger partial charge in [-0.15, -0.1) is 0 Å². The number of piperazine rings is 1. The molecule has 168 valence electrons. The third-order valence-electron chi connectivity index (χ3n) is 5.74. The van der Waals surface area contributed by atoms with Gasteiger partial charge in [-0.25, -0.2) is 4.39 Å². The number of hydrogen-bond acceptors (Lipinski definition) is 5. The monoisotopic (exact) mass is 464 g/mol. The maximum Gasteiger partial charge on any atom is 0.292 e. The summed E-state index contributed by atoms with van der Waals surface area (Å²) in [6.45, 7) is 3.69. The van der Waals surface area contributed by atoms with E-state index in [1.54, 1.807) is 18.3 Å². The van der Waals surface area contributed by atoms with Crippen LogP contribution in [-0.4, -0.2) is 50.6 Å². The van der Waals surface area contributed by atoms with Crippen molar-refractivity contribution in [3.8, 4) is 16.9 Å². The van der Waals surface area contributed by atoms with Gasteiger partial charge >= 0.3 is 0 Å². The molecule has 0 amide bonds. The Labute approximate surface area is 195 Å². The molecule has 0 aliphatic carbocycles. The van der Waals surface area contributed by atoms with Gasteiger partial charge in [0, 0.05) is 37.9 Å². The Kier molecular flexibility index (Phi) is 5.93. The van der Waals surface area contributed by atoms with Crippen LogP contribution in [-0.2, 0) is 6.67 Å². The molecule has 7 nitrogen and oxygen atoms in total. The van der Waals surface area contributed by atoms with Crippen molar-refractivity contribution in [1.82, 2.24) is 24.5 Å². The maximum atomic E-state index is 13.1. The second kappa shape index (κ2) is 9.17. The Morgan fingerprint density at radius 2 is 1.67 bits per heavy atom. The van der Waals surface area contributed by atoms with E-state index in [-0.39, 0.29) is 16.4 Å². The Hall–Kier alpha value is -3.49. The minimum absolute atomic E-state index is 0.179. The van der Waals surface area contributed by atoms with E-state index in [2.05, 4.69) is 20.0 Å². The number of aromatic nitrogens is 4. The average Bonchev–Trinajstić information content (AvgIpc) is 3.31. The van der Waals surface area contributed by atoms with E-state index in [0.717, 1.165) is 37.4 Å². The topological polar surface area (TPSA) is 59.2 Å². The highest BCUT2D eigenvalue weighted by atomic mass is 35.5. The number of rotatable bonds is 5. The van der Waals surface area contributed by atoms with E-state index in [1.807, 2.05) is 47.3 Å². The molecule has 5 rings (SSSR count). The van der Waals surface area contributed by atoms with E-state index < -0.39 is 0 Å². The maximum absolute atomic E-state index is 13.1. The van der Waals surface area contributed by atoms with Crippen molar-refractivity contribution in [3.05, 3.63) is 94.3 Å². The van der Waals surface area contributed by atoms with Gasteiger partial charge in [0.25, 0.3) is 5.56 Å². The molecule has 1 aliphatic heterocycles. The molecule has 0 N–H and O–H groups in total. The summed E-state index contributed by atoms with van der Waals surface area (Å²) in [6, 6.07) is 17.5. The van der Waals surface area contributed by atoms with Gasteiger partial charge in [-0.2, -0.15) is 14.9 Å². The molecule has 1 saturated heterocycles. The van der Waals surface area contributed by atoms with E-state index >= 15 is 0 Å². The first-order chi connectivity index (χ1) is 16.1. The molecule has 33 heavy (non-hydrogen) atoms. The number of hydrogen-bond donors (Lipinski definition) is 0. The predicted octanol–water partition coefficient (Wildman–Crippen LogP) is 3.67. The van der Waals surface area contributed by atoms with Gasteiger partial charge in [0.1, 0.15) is 10.8 Å². The van der Waals surface area contributed by atoms with Crippen molar-refractivity contribution in [1.29, 1.82) is 0 Å². The summed E-state index contributed by atoms with van der Waals surface area (Å²) in [4.78, 5) is 17.2. The normalized spacial score (nSPS) is 14.5. The number of para-hydroxylation sites is 1. The van der Waals surface area contributed by atoms with Crippen LogP contribution in [0.15, 0.2) is 77.9 Å². The van der Waals surface area contributed by atoms with Gasteiger partial charge in [-0.05, 0) is 42.5 Å². The summed E-state index contributed by atoms with van der Waals surface area (Å²) in [6.07, 6.45) is 3.59. The molecule has 0 bridgehead atoms. The standard InChI is InChI=1S/C24H22ClFN6O/c25-23-22(16-27-32(24(23)33)20-4-2-1-3-5-20)30-14-12-29(13-15-30)17-31-11-10-21(28-31)18-6-8-19(26)9-7-18/h1-11,16H,12-15,17H2. The van der Waals surface area contributed by atoms with Gasteiger partial charge in [-0.1, -0.05) is 29.8 Å². The predicted molar refractivity (Wildman–Crippen MR) is 126 cm³/mol. The molecule has 4 aromatic rings. The largest absolute Gasteiger partial charge is 0.366 e. The number of halogens is 2. The molecule has 2 aromatic heterocycles. The molecule has 3 heterocycles. The molecule has 0 radical (unpaired) electrons. The van der Waals surface area contributed by atoms with Crippen LogP contribution in [0.3, 0.4) is 0 Å². The second-order valence-electron chi connectivity index (χ2n) is 7.89. The van der Waals surface area contributed by atoms with Crippen molar-refractivity contribution in [3.63, 3.8) is 0 Å². The van der Waals surface area contributed by atoms with Crippen LogP contribution >= 0.6 is 11.6 Å². The van der Waals surface area contributed by atoms with Crippen LogP contribution < -0.4 is 10.5 Å². The lowest BCUT2D eigenvalue weighted by Gasteiger charge is -2.36. The number of benzene rings is 2. The Morgan fingerprint density at radius 3 is 2.39 bits per heavy atom. The average molecular weight is 465 g/mol. The minimum Gasteiger partial charge on any atom is -0.366 e. The van der Waals surface area contributed by atoms with Crippen molar-refractivity contribution in [2.24, 2.45) is 0 Å². The van der Waals surface area contributed by atoms with Gasteiger partial charge in [0.15, 0.2) is 0 Å². The van der Waals surface area contributed by atoms with Crippen molar-refractivity contribution >= 4 is 17.3 Å². The molecule has 0 atom stereocenters. The molecule has 0 spiro atoms. The Bertz CT molecular complexity index is 1300. The van der Waals surface area contributed by atoms with Crippen LogP contribution in [0, 0.1) is 5.82 Å². The SMILES string of the molecule is O=c1c(Cl)c(N2CCN(Cn3ccc(-c4ccc(F)cc4)n3)CC2)cnn1-c1ccccc1. The second-order valence-corrected chi connectivity index (χ2v) is 8.27. The molecular weight excluding hydrogens is 443 g/mol. The quantitative estimate of drug-likeness (QED) is 0.451. The van der Waals surface area contributed by atoms with E-state index in [1.165, 1.54) is 16.8 Å². The molecular formula is C24H22ClFN6O. The number of nitrogens with zero attached hydrogens (tertiary/aromatic N) is 6. The summed E-state index contributed by atoms with van der Waals surface area (Å²) in [7, 11) is 0. The molecule has 1 fully saturated rings. The first-order valence-corrected chi connectivity index (χ1v) is 11.1. The fraction of sp³-hybridized carbons (Fsp3) is 0.208. The lowest BCUT2D eigenvalue weighted by molar-refractivity contribution is 0.196. The van der Waals surface area contributed by atoms with Gasteiger partial charge in [0.05, 0.1) is 29.9 Å². The molecule has 1 aliphatic rings. The fourth-order valence-electron chi connectivity index (χ4n) is 3.95. The minimum atomic E-state index is -0.326. The highest BCUT2D eigenvalue weighted by Crippen LogP contribution is 2.23. The molecule has 0 saturated carbocycles. The van der Waals surface area contributed by atoms with Crippen LogP contribution in [0.1, 0.15) is 0 Å². The lowest BCUT2D eigenvalue weighted by Crippen LogP contribution is -2.47. The first-order valence-electron chi connectivity index (χ1n) is 10.7. The Morgan fingerprint density at radius 1 is 0.939 bits per heavy atom. The van der Waals surface area contributed by atoms with E-state index in [0.29, 0.717) is 18.0 Å². The summed E-state index contributed by atoms with van der Waals surface area (Å²) < 4.78 is 16.3. The summed E-state index contributed by atoms with van der Waals surface area (Å²) in [5.74, 6) is -0.260. The third kappa shape index (κ3) is 4.53. The summed E-state index contributed by atoms with van der Waals surface area (Å²) in [5, 5.41) is 9.12. The fourth-order valence-corrected chi connectivity index (χ4v) is 4.20. The van der Waals surface area contributed by atoms with E-state index in [4.69, 9.17) is 11.6 Å². The zero-order chi connectivity index (χ0) is 22.8. The number of anilines is 1. The smallest absolute Gasteiger partial charge is 0.292 e. The first kappa shape index (κ1) is 21.4. The summed E-state index contributed by atoms with van der Waals surface area (Å²) >= 11 is 6.45. The third-order valence-corrected chi connectivity index (χ3v) is 6.10. The molecule has 9 heteroatoms. The highest BCUT2D eigenvalue weighted by Gasteiger charge is 2.22. The molecule has 0 unspecified atom stereocenters. The zero-order valence-electron chi connectivity index (χ0n) is 17.8. The van der Waals surface area contributed by atoms with Crippen LogP contribution in [0.2, 0.25) is 5.02 Å². The Balaban J connectivity index is 1.23. The van der Waals surface area contributed by atoms with Crippen LogP contribution in [0.5, 0.6) is 0 Å². The zero-order valence-corrected chi connectivity index (χ0v) is 18.6. The van der Waals surface area contributed by atoms with Gasteiger partial charge in [-0.3, -0.25) is 14.4 Å². The van der Waals surface area contributed by atoms with Gasteiger partial charge < -0.3 is 4.90 Å². The van der Waals surface area contributed by atoms with Gasteiger partial charge in [0.2, 0.25) is 0 Å². The van der Waals surface area contributed by atoms with E-state index in [9.17, 15) is 9.18 Å². The summed E-state index contributed by atoms with van der Waals surface area (Å²) in [5.41, 5.74) is 2.71. The molecule has 2 aromatic carbocycles. The van der Waals surface area contributed by atoms with Crippen molar-refractivity contribution in [2.75, 3.05) is 31.1 Å². The highest BCUT2D eigenvalue weighted by molar-refractivity contribution is 6.33.